The molecule has 4 rings (SSSR count). The summed E-state index contributed by atoms with van der Waals surface area (Å²) in [5.74, 6) is -0.898. The van der Waals surface area contributed by atoms with Gasteiger partial charge in [-0.05, 0) is 59.9 Å². The van der Waals surface area contributed by atoms with Crippen molar-refractivity contribution in [1.29, 1.82) is 0 Å². The summed E-state index contributed by atoms with van der Waals surface area (Å²) < 4.78 is 0. The van der Waals surface area contributed by atoms with Crippen molar-refractivity contribution in [3.63, 3.8) is 0 Å². The fourth-order valence-electron chi connectivity index (χ4n) is 4.66. The van der Waals surface area contributed by atoms with Crippen LogP contribution in [-0.2, 0) is 16.1 Å². The number of carboxylic acids is 1. The SMILES string of the molecule is CN(C)c1ccc(-c2ccc(CN(C(=O)C3CCCCC3)c3ccnc(C=CC(=O)O)c3)cc2)cc1. The minimum Gasteiger partial charge on any atom is -0.478 e. The Balaban J connectivity index is 1.58. The van der Waals surface area contributed by atoms with Crippen LogP contribution in [0.3, 0.4) is 0 Å². The van der Waals surface area contributed by atoms with Gasteiger partial charge in [-0.2, -0.15) is 0 Å². The highest BCUT2D eigenvalue weighted by atomic mass is 16.4. The van der Waals surface area contributed by atoms with Crippen LogP contribution in [0.25, 0.3) is 17.2 Å². The molecule has 1 aliphatic carbocycles. The maximum atomic E-state index is 13.6. The number of aromatic nitrogens is 1. The quantitative estimate of drug-likeness (QED) is 0.396. The van der Waals surface area contributed by atoms with E-state index in [4.69, 9.17) is 5.11 Å². The Labute approximate surface area is 212 Å². The van der Waals surface area contributed by atoms with E-state index in [1.54, 1.807) is 12.3 Å². The zero-order valence-corrected chi connectivity index (χ0v) is 20.9. The molecule has 1 aromatic heterocycles. The molecule has 0 spiro atoms. The highest BCUT2D eigenvalue weighted by Crippen LogP contribution is 2.30. The highest BCUT2D eigenvalue weighted by molar-refractivity contribution is 5.95. The Bertz CT molecular complexity index is 1210. The Kier molecular flexibility index (Phi) is 8.16. The smallest absolute Gasteiger partial charge is 0.328 e. The number of anilines is 2. The van der Waals surface area contributed by atoms with E-state index in [1.165, 1.54) is 12.5 Å². The van der Waals surface area contributed by atoms with E-state index in [2.05, 4.69) is 58.4 Å². The van der Waals surface area contributed by atoms with Gasteiger partial charge in [-0.25, -0.2) is 4.79 Å². The van der Waals surface area contributed by atoms with Crippen LogP contribution in [0, 0.1) is 5.92 Å². The molecule has 0 atom stereocenters. The molecule has 1 heterocycles. The maximum absolute atomic E-state index is 13.6. The molecule has 1 N–H and O–H groups in total. The van der Waals surface area contributed by atoms with Crippen LogP contribution >= 0.6 is 0 Å². The molecule has 1 amide bonds. The Morgan fingerprint density at radius 1 is 0.917 bits per heavy atom. The van der Waals surface area contributed by atoms with Gasteiger partial charge in [-0.3, -0.25) is 9.78 Å². The lowest BCUT2D eigenvalue weighted by atomic mass is 9.88. The lowest BCUT2D eigenvalue weighted by Crippen LogP contribution is -2.36. The van der Waals surface area contributed by atoms with E-state index < -0.39 is 5.97 Å². The number of carboxylic acid groups (broad SMARTS) is 1. The molecule has 1 saturated carbocycles. The van der Waals surface area contributed by atoms with Gasteiger partial charge in [0.1, 0.15) is 0 Å². The summed E-state index contributed by atoms with van der Waals surface area (Å²) in [6.07, 6.45) is 9.29. The first-order valence-electron chi connectivity index (χ1n) is 12.5. The van der Waals surface area contributed by atoms with Crippen LogP contribution in [0.2, 0.25) is 0 Å². The van der Waals surface area contributed by atoms with Crippen molar-refractivity contribution in [2.24, 2.45) is 5.92 Å². The maximum Gasteiger partial charge on any atom is 0.328 e. The summed E-state index contributed by atoms with van der Waals surface area (Å²) >= 11 is 0. The minimum absolute atomic E-state index is 0.0133. The summed E-state index contributed by atoms with van der Waals surface area (Å²) in [5.41, 5.74) is 5.70. The molecule has 1 aliphatic rings. The third-order valence-corrected chi connectivity index (χ3v) is 6.71. The molecule has 3 aromatic rings. The van der Waals surface area contributed by atoms with E-state index in [9.17, 15) is 9.59 Å². The van der Waals surface area contributed by atoms with Gasteiger partial charge in [0.15, 0.2) is 0 Å². The number of nitrogens with zero attached hydrogens (tertiary/aromatic N) is 3. The van der Waals surface area contributed by atoms with Crippen molar-refractivity contribution < 1.29 is 14.7 Å². The van der Waals surface area contributed by atoms with Gasteiger partial charge in [-0.1, -0.05) is 55.7 Å². The minimum atomic E-state index is -1.03. The molecule has 6 nitrogen and oxygen atoms in total. The molecular formula is C30H33N3O3. The number of amides is 1. The third kappa shape index (κ3) is 6.39. The van der Waals surface area contributed by atoms with Crippen molar-refractivity contribution in [2.75, 3.05) is 23.9 Å². The summed E-state index contributed by atoms with van der Waals surface area (Å²) in [6.45, 7) is 0.446. The van der Waals surface area contributed by atoms with Crippen molar-refractivity contribution in [1.82, 2.24) is 4.98 Å². The molecule has 0 aliphatic heterocycles. The second kappa shape index (κ2) is 11.7. The number of pyridine rings is 1. The van der Waals surface area contributed by atoms with Crippen molar-refractivity contribution in [2.45, 2.75) is 38.6 Å². The lowest BCUT2D eigenvalue weighted by Gasteiger charge is -2.29. The van der Waals surface area contributed by atoms with Crippen LogP contribution in [-0.4, -0.2) is 36.1 Å². The number of aliphatic carboxylic acids is 1. The monoisotopic (exact) mass is 483 g/mol. The fraction of sp³-hybridized carbons (Fsp3) is 0.300. The topological polar surface area (TPSA) is 73.7 Å². The van der Waals surface area contributed by atoms with Gasteiger partial charge in [-0.15, -0.1) is 0 Å². The summed E-state index contributed by atoms with van der Waals surface area (Å²) in [4.78, 5) is 32.7. The molecule has 186 valence electrons. The van der Waals surface area contributed by atoms with Gasteiger partial charge in [0.05, 0.1) is 12.2 Å². The molecule has 0 radical (unpaired) electrons. The van der Waals surface area contributed by atoms with E-state index in [0.29, 0.717) is 12.2 Å². The Morgan fingerprint density at radius 2 is 1.56 bits per heavy atom. The fourth-order valence-corrected chi connectivity index (χ4v) is 4.66. The van der Waals surface area contributed by atoms with E-state index in [-0.39, 0.29) is 11.8 Å². The number of hydrogen-bond donors (Lipinski definition) is 1. The van der Waals surface area contributed by atoms with Crippen LogP contribution in [0.4, 0.5) is 11.4 Å². The Hall–Kier alpha value is -3.93. The van der Waals surface area contributed by atoms with E-state index in [1.807, 2.05) is 25.1 Å². The lowest BCUT2D eigenvalue weighted by molar-refractivity contribution is -0.131. The van der Waals surface area contributed by atoms with Gasteiger partial charge in [0.25, 0.3) is 0 Å². The predicted octanol–water partition coefficient (Wildman–Crippen LogP) is 6.03. The molecule has 0 unspecified atom stereocenters. The summed E-state index contributed by atoms with van der Waals surface area (Å²) in [6, 6.07) is 20.4. The zero-order valence-electron chi connectivity index (χ0n) is 20.9. The first-order valence-corrected chi connectivity index (χ1v) is 12.5. The zero-order chi connectivity index (χ0) is 25.5. The van der Waals surface area contributed by atoms with Gasteiger partial charge in [0.2, 0.25) is 5.91 Å². The van der Waals surface area contributed by atoms with Gasteiger partial charge in [0, 0.05) is 43.7 Å². The van der Waals surface area contributed by atoms with Crippen molar-refractivity contribution in [3.8, 4) is 11.1 Å². The van der Waals surface area contributed by atoms with Crippen LogP contribution < -0.4 is 9.80 Å². The van der Waals surface area contributed by atoms with E-state index >= 15 is 0 Å². The normalized spacial score (nSPS) is 14.1. The average Bonchev–Trinajstić information content (AvgIpc) is 2.91. The number of hydrogen-bond acceptors (Lipinski definition) is 4. The summed E-state index contributed by atoms with van der Waals surface area (Å²) in [7, 11) is 4.05. The second-order valence-corrected chi connectivity index (χ2v) is 9.51. The van der Waals surface area contributed by atoms with Crippen LogP contribution in [0.5, 0.6) is 0 Å². The van der Waals surface area contributed by atoms with Crippen molar-refractivity contribution in [3.05, 3.63) is 84.2 Å². The van der Waals surface area contributed by atoms with Gasteiger partial charge < -0.3 is 14.9 Å². The summed E-state index contributed by atoms with van der Waals surface area (Å²) in [5, 5.41) is 8.97. The number of benzene rings is 2. The second-order valence-electron chi connectivity index (χ2n) is 9.51. The molecule has 1 fully saturated rings. The number of rotatable bonds is 8. The molecular weight excluding hydrogens is 450 g/mol. The highest BCUT2D eigenvalue weighted by Gasteiger charge is 2.27. The molecule has 0 saturated heterocycles. The first-order chi connectivity index (χ1) is 17.4. The largest absolute Gasteiger partial charge is 0.478 e. The number of carbonyl (C=O) groups is 2. The molecule has 0 bridgehead atoms. The first kappa shape index (κ1) is 25.2. The predicted molar refractivity (Wildman–Crippen MR) is 145 cm³/mol. The molecule has 2 aromatic carbocycles. The standard InChI is InChI=1S/C30H33N3O3/c1-32(2)27-15-12-24(13-16-27)23-10-8-22(9-11-23)21-33(30(36)25-6-4-3-5-7-25)28-18-19-31-26(20-28)14-17-29(34)35/h8-20,25H,3-7,21H2,1-2H3,(H,34,35). The van der Waals surface area contributed by atoms with E-state index in [0.717, 1.165) is 59.8 Å². The molecule has 36 heavy (non-hydrogen) atoms. The third-order valence-electron chi connectivity index (χ3n) is 6.71. The van der Waals surface area contributed by atoms with Crippen LogP contribution in [0.1, 0.15) is 43.4 Å². The number of carbonyl (C=O) groups excluding carboxylic acids is 1. The van der Waals surface area contributed by atoms with Crippen LogP contribution in [0.15, 0.2) is 72.9 Å². The Morgan fingerprint density at radius 3 is 2.17 bits per heavy atom. The van der Waals surface area contributed by atoms with Gasteiger partial charge >= 0.3 is 5.97 Å². The van der Waals surface area contributed by atoms with Crippen molar-refractivity contribution >= 4 is 29.3 Å². The molecule has 6 heteroatoms. The average molecular weight is 484 g/mol.